The van der Waals surface area contributed by atoms with E-state index in [4.69, 9.17) is 9.47 Å². The SMILES string of the molecule is COC(=O)C1=NC(C)(c2ccc(Oc3ccc(F)cc3)cc2)CC([C@H](O)CO)=C1. The molecule has 0 amide bonds. The maximum atomic E-state index is 13.0. The quantitative estimate of drug-likeness (QED) is 0.729. The Balaban J connectivity index is 1.87. The van der Waals surface area contributed by atoms with Crippen molar-refractivity contribution in [3.05, 3.63) is 71.6 Å². The summed E-state index contributed by atoms with van der Waals surface area (Å²) in [4.78, 5) is 16.6. The Labute approximate surface area is 167 Å². The normalized spacial score (nSPS) is 19.8. The summed E-state index contributed by atoms with van der Waals surface area (Å²) in [6.45, 7) is 1.38. The summed E-state index contributed by atoms with van der Waals surface area (Å²) >= 11 is 0. The number of esters is 1. The molecule has 0 aliphatic carbocycles. The highest BCUT2D eigenvalue weighted by Gasteiger charge is 2.34. The molecule has 1 heterocycles. The largest absolute Gasteiger partial charge is 0.464 e. The third-order valence-electron chi connectivity index (χ3n) is 4.76. The summed E-state index contributed by atoms with van der Waals surface area (Å²) in [6, 6.07) is 12.8. The van der Waals surface area contributed by atoms with Gasteiger partial charge in [-0.25, -0.2) is 9.18 Å². The Morgan fingerprint density at radius 3 is 2.31 bits per heavy atom. The van der Waals surface area contributed by atoms with Crippen LogP contribution in [0.5, 0.6) is 11.5 Å². The topological polar surface area (TPSA) is 88.4 Å². The van der Waals surface area contributed by atoms with E-state index in [2.05, 4.69) is 4.99 Å². The van der Waals surface area contributed by atoms with Crippen LogP contribution in [-0.4, -0.2) is 41.7 Å². The van der Waals surface area contributed by atoms with Gasteiger partial charge in [0.1, 0.15) is 23.0 Å². The number of hydrogen-bond donors (Lipinski definition) is 2. The van der Waals surface area contributed by atoms with Gasteiger partial charge in [-0.3, -0.25) is 4.99 Å². The van der Waals surface area contributed by atoms with E-state index in [9.17, 15) is 19.4 Å². The number of aliphatic hydroxyl groups is 2. The number of aliphatic hydroxyl groups excluding tert-OH is 2. The molecule has 3 rings (SSSR count). The minimum atomic E-state index is -1.09. The summed E-state index contributed by atoms with van der Waals surface area (Å²) < 4.78 is 23.5. The van der Waals surface area contributed by atoms with Gasteiger partial charge in [0.25, 0.3) is 0 Å². The molecule has 0 saturated carbocycles. The molecule has 0 radical (unpaired) electrons. The average molecular weight is 399 g/mol. The molecule has 1 unspecified atom stereocenters. The van der Waals surface area contributed by atoms with Gasteiger partial charge >= 0.3 is 5.97 Å². The van der Waals surface area contributed by atoms with Crippen LogP contribution in [0.1, 0.15) is 18.9 Å². The van der Waals surface area contributed by atoms with Crippen LogP contribution in [0, 0.1) is 5.82 Å². The number of nitrogens with zero attached hydrogens (tertiary/aromatic N) is 1. The van der Waals surface area contributed by atoms with Gasteiger partial charge in [0.15, 0.2) is 0 Å². The van der Waals surface area contributed by atoms with Gasteiger partial charge in [-0.05, 0) is 60.5 Å². The number of benzene rings is 2. The molecule has 0 spiro atoms. The zero-order chi connectivity index (χ0) is 21.0. The number of hydrogen-bond acceptors (Lipinski definition) is 6. The molecule has 152 valence electrons. The first-order chi connectivity index (χ1) is 13.8. The summed E-state index contributed by atoms with van der Waals surface area (Å²) in [7, 11) is 1.26. The fourth-order valence-electron chi connectivity index (χ4n) is 3.19. The van der Waals surface area contributed by atoms with Crippen LogP contribution in [0.4, 0.5) is 4.39 Å². The lowest BCUT2D eigenvalue weighted by molar-refractivity contribution is -0.132. The Morgan fingerprint density at radius 2 is 1.76 bits per heavy atom. The van der Waals surface area contributed by atoms with Crippen molar-refractivity contribution in [1.29, 1.82) is 0 Å². The molecular weight excluding hydrogens is 377 g/mol. The highest BCUT2D eigenvalue weighted by Crippen LogP contribution is 2.37. The fourth-order valence-corrected chi connectivity index (χ4v) is 3.19. The van der Waals surface area contributed by atoms with Crippen molar-refractivity contribution in [3.63, 3.8) is 0 Å². The molecule has 1 aliphatic heterocycles. The number of carbonyl (C=O) groups is 1. The Kier molecular flexibility index (Phi) is 6.10. The van der Waals surface area contributed by atoms with Crippen molar-refractivity contribution < 1.29 is 28.9 Å². The zero-order valence-electron chi connectivity index (χ0n) is 16.1. The molecular formula is C22H22FNO5. The molecule has 0 fully saturated rings. The first-order valence-corrected chi connectivity index (χ1v) is 9.06. The van der Waals surface area contributed by atoms with E-state index in [1.807, 2.05) is 19.1 Å². The van der Waals surface area contributed by atoms with Crippen LogP contribution < -0.4 is 4.74 Å². The minimum Gasteiger partial charge on any atom is -0.464 e. The second-order valence-corrected chi connectivity index (χ2v) is 6.94. The summed E-state index contributed by atoms with van der Waals surface area (Å²) in [5.74, 6) is 0.106. The molecule has 0 bridgehead atoms. The maximum Gasteiger partial charge on any atom is 0.356 e. The van der Waals surface area contributed by atoms with E-state index < -0.39 is 24.2 Å². The summed E-state index contributed by atoms with van der Waals surface area (Å²) in [5.41, 5.74) is 0.534. The number of dihydropyridines is 1. The molecule has 2 aromatic rings. The summed E-state index contributed by atoms with van der Waals surface area (Å²) in [6.07, 6.45) is 0.694. The second kappa shape index (κ2) is 8.55. The van der Waals surface area contributed by atoms with E-state index in [-0.39, 0.29) is 11.5 Å². The van der Waals surface area contributed by atoms with Gasteiger partial charge in [-0.15, -0.1) is 0 Å². The number of carbonyl (C=O) groups excluding carboxylic acids is 1. The molecule has 2 atom stereocenters. The van der Waals surface area contributed by atoms with Crippen molar-refractivity contribution in [2.45, 2.75) is 25.0 Å². The Bertz CT molecular complexity index is 937. The van der Waals surface area contributed by atoms with Crippen LogP contribution in [0.15, 0.2) is 65.2 Å². The molecule has 29 heavy (non-hydrogen) atoms. The molecule has 1 aliphatic rings. The standard InChI is InChI=1S/C22H22FNO5/c1-22(12-14(20(26)13-25)11-19(24-22)21(27)28-2)15-3-7-17(8-4-15)29-18-9-5-16(23)6-10-18/h3-11,20,25-26H,12-13H2,1-2H3/t20-,22?/m1/s1. The predicted octanol–water partition coefficient (Wildman–Crippen LogP) is 3.13. The van der Waals surface area contributed by atoms with Gasteiger partial charge in [-0.1, -0.05) is 12.1 Å². The van der Waals surface area contributed by atoms with Crippen molar-refractivity contribution in [1.82, 2.24) is 0 Å². The van der Waals surface area contributed by atoms with E-state index in [1.54, 1.807) is 12.1 Å². The van der Waals surface area contributed by atoms with E-state index in [0.29, 0.717) is 23.5 Å². The predicted molar refractivity (Wildman–Crippen MR) is 106 cm³/mol. The number of aliphatic imine (C=N–C) groups is 1. The van der Waals surface area contributed by atoms with Gasteiger partial charge < -0.3 is 19.7 Å². The minimum absolute atomic E-state index is 0.0791. The Morgan fingerprint density at radius 1 is 1.17 bits per heavy atom. The molecule has 2 N–H and O–H groups in total. The lowest BCUT2D eigenvalue weighted by atomic mass is 9.82. The van der Waals surface area contributed by atoms with Gasteiger partial charge in [0.2, 0.25) is 0 Å². The highest BCUT2D eigenvalue weighted by molar-refractivity contribution is 6.41. The van der Waals surface area contributed by atoms with E-state index in [0.717, 1.165) is 5.56 Å². The van der Waals surface area contributed by atoms with Crippen molar-refractivity contribution in [2.75, 3.05) is 13.7 Å². The fraction of sp³-hybridized carbons (Fsp3) is 0.273. The van der Waals surface area contributed by atoms with Gasteiger partial charge in [-0.2, -0.15) is 0 Å². The van der Waals surface area contributed by atoms with Crippen LogP contribution in [0.3, 0.4) is 0 Å². The monoisotopic (exact) mass is 399 g/mol. The molecule has 6 nitrogen and oxygen atoms in total. The number of halogens is 1. The number of rotatable bonds is 6. The van der Waals surface area contributed by atoms with Gasteiger partial charge in [0, 0.05) is 6.42 Å². The number of methoxy groups -OCH3 is 1. The third-order valence-corrected chi connectivity index (χ3v) is 4.76. The molecule has 7 heteroatoms. The summed E-state index contributed by atoms with van der Waals surface area (Å²) in [5, 5.41) is 19.4. The first kappa shape index (κ1) is 20.7. The van der Waals surface area contributed by atoms with Crippen LogP contribution in [-0.2, 0) is 15.1 Å². The van der Waals surface area contributed by atoms with E-state index >= 15 is 0 Å². The Hall–Kier alpha value is -3.03. The second-order valence-electron chi connectivity index (χ2n) is 6.94. The number of ether oxygens (including phenoxy) is 2. The maximum absolute atomic E-state index is 13.0. The van der Waals surface area contributed by atoms with Crippen LogP contribution >= 0.6 is 0 Å². The van der Waals surface area contributed by atoms with Crippen molar-refractivity contribution in [2.24, 2.45) is 4.99 Å². The van der Waals surface area contributed by atoms with E-state index in [1.165, 1.54) is 37.5 Å². The van der Waals surface area contributed by atoms with Crippen LogP contribution in [0.25, 0.3) is 0 Å². The lowest BCUT2D eigenvalue weighted by Gasteiger charge is -2.32. The lowest BCUT2D eigenvalue weighted by Crippen LogP contribution is -2.33. The zero-order valence-corrected chi connectivity index (χ0v) is 16.1. The smallest absolute Gasteiger partial charge is 0.356 e. The average Bonchev–Trinajstić information content (AvgIpc) is 2.74. The molecule has 0 saturated heterocycles. The first-order valence-electron chi connectivity index (χ1n) is 9.06. The van der Waals surface area contributed by atoms with Gasteiger partial charge in [0.05, 0.1) is 25.4 Å². The van der Waals surface area contributed by atoms with Crippen molar-refractivity contribution >= 4 is 11.7 Å². The van der Waals surface area contributed by atoms with Crippen LogP contribution in [0.2, 0.25) is 0 Å². The highest BCUT2D eigenvalue weighted by atomic mass is 19.1. The van der Waals surface area contributed by atoms with Crippen molar-refractivity contribution in [3.8, 4) is 11.5 Å². The molecule has 0 aromatic heterocycles. The molecule has 2 aromatic carbocycles. The third kappa shape index (κ3) is 4.70.